The quantitative estimate of drug-likeness (QED) is 0.596. The highest BCUT2D eigenvalue weighted by Gasteiger charge is 2.36. The van der Waals surface area contributed by atoms with Crippen LogP contribution in [0.3, 0.4) is 0 Å². The van der Waals surface area contributed by atoms with E-state index in [0.717, 1.165) is 4.90 Å². The molecule has 2 heterocycles. The fraction of sp³-hybridized carbons (Fsp3) is 0.636. The summed E-state index contributed by atoms with van der Waals surface area (Å²) in [6.45, 7) is 0.550. The number of amides is 4. The van der Waals surface area contributed by atoms with Gasteiger partial charge in [-0.1, -0.05) is 0 Å². The van der Waals surface area contributed by atoms with Gasteiger partial charge in [0.05, 0.1) is 0 Å². The van der Waals surface area contributed by atoms with E-state index in [4.69, 9.17) is 0 Å². The average Bonchev–Trinajstić information content (AvgIpc) is 2.57. The molecular formula is C11H15N3O4. The molecule has 2 aliphatic rings. The number of urea groups is 1. The van der Waals surface area contributed by atoms with Gasteiger partial charge >= 0.3 is 6.03 Å². The van der Waals surface area contributed by atoms with Gasteiger partial charge in [0.1, 0.15) is 18.9 Å². The van der Waals surface area contributed by atoms with Crippen molar-refractivity contribution in [2.75, 3.05) is 33.2 Å². The van der Waals surface area contributed by atoms with Crippen LogP contribution in [-0.2, 0) is 14.4 Å². The first-order valence-electron chi connectivity index (χ1n) is 5.84. The highest BCUT2D eigenvalue weighted by atomic mass is 16.2. The maximum atomic E-state index is 11.9. The van der Waals surface area contributed by atoms with Crippen molar-refractivity contribution in [1.82, 2.24) is 14.7 Å². The second kappa shape index (κ2) is 4.75. The molecule has 18 heavy (non-hydrogen) atoms. The van der Waals surface area contributed by atoms with E-state index in [1.54, 1.807) is 0 Å². The third-order valence-corrected chi connectivity index (χ3v) is 3.20. The molecule has 0 aliphatic carbocycles. The first-order valence-corrected chi connectivity index (χ1v) is 5.84. The molecule has 0 saturated carbocycles. The van der Waals surface area contributed by atoms with Crippen LogP contribution in [-0.4, -0.2) is 71.6 Å². The number of carbonyl (C=O) groups excluding carboxylic acids is 4. The van der Waals surface area contributed by atoms with Gasteiger partial charge in [0.25, 0.3) is 5.91 Å². The van der Waals surface area contributed by atoms with Crippen LogP contribution in [0.1, 0.15) is 12.8 Å². The largest absolute Gasteiger partial charge is 0.340 e. The van der Waals surface area contributed by atoms with Gasteiger partial charge < -0.3 is 9.80 Å². The number of hydrogen-bond donors (Lipinski definition) is 0. The van der Waals surface area contributed by atoms with Crippen molar-refractivity contribution < 1.29 is 19.2 Å². The smallest absolute Gasteiger partial charge is 0.327 e. The zero-order valence-corrected chi connectivity index (χ0v) is 10.2. The van der Waals surface area contributed by atoms with Crippen LogP contribution >= 0.6 is 0 Å². The molecule has 0 unspecified atom stereocenters. The Balaban J connectivity index is 1.93. The van der Waals surface area contributed by atoms with E-state index in [2.05, 4.69) is 0 Å². The van der Waals surface area contributed by atoms with Gasteiger partial charge in [-0.05, 0) is 0 Å². The van der Waals surface area contributed by atoms with Gasteiger partial charge in [-0.15, -0.1) is 0 Å². The summed E-state index contributed by atoms with van der Waals surface area (Å²) in [7, 11) is 1.52. The van der Waals surface area contributed by atoms with Crippen LogP contribution < -0.4 is 0 Å². The lowest BCUT2D eigenvalue weighted by molar-refractivity contribution is -0.138. The summed E-state index contributed by atoms with van der Waals surface area (Å²) in [5.74, 6) is -0.490. The van der Waals surface area contributed by atoms with Crippen LogP contribution in [0.25, 0.3) is 0 Å². The normalized spacial score (nSPS) is 20.9. The minimum Gasteiger partial charge on any atom is -0.340 e. The van der Waals surface area contributed by atoms with Crippen molar-refractivity contribution in [2.24, 2.45) is 0 Å². The number of nitrogens with zero attached hydrogens (tertiary/aromatic N) is 3. The summed E-state index contributed by atoms with van der Waals surface area (Å²) < 4.78 is 0. The Morgan fingerprint density at radius 2 is 1.78 bits per heavy atom. The molecule has 0 atom stereocenters. The van der Waals surface area contributed by atoms with Crippen LogP contribution in [0.4, 0.5) is 4.79 Å². The molecular weight excluding hydrogens is 238 g/mol. The average molecular weight is 253 g/mol. The zero-order chi connectivity index (χ0) is 13.3. The third-order valence-electron chi connectivity index (χ3n) is 3.20. The van der Waals surface area contributed by atoms with Gasteiger partial charge in [-0.2, -0.15) is 0 Å². The lowest BCUT2D eigenvalue weighted by Gasteiger charge is -2.27. The van der Waals surface area contributed by atoms with Gasteiger partial charge in [-0.25, -0.2) is 4.79 Å². The van der Waals surface area contributed by atoms with E-state index in [1.807, 2.05) is 0 Å². The van der Waals surface area contributed by atoms with Gasteiger partial charge in [0.2, 0.25) is 5.91 Å². The SMILES string of the molecule is CN1CC(=O)N(CC(=O)N2CCC(=O)CC2)C1=O. The summed E-state index contributed by atoms with van der Waals surface area (Å²) in [6.07, 6.45) is 0.709. The van der Waals surface area contributed by atoms with Crippen molar-refractivity contribution in [2.45, 2.75) is 12.8 Å². The summed E-state index contributed by atoms with van der Waals surface area (Å²) in [5, 5.41) is 0. The Labute approximate surface area is 104 Å². The van der Waals surface area contributed by atoms with Crippen LogP contribution in [0.15, 0.2) is 0 Å². The molecule has 0 aromatic carbocycles. The van der Waals surface area contributed by atoms with Gasteiger partial charge in [-0.3, -0.25) is 19.3 Å². The molecule has 7 heteroatoms. The predicted molar refractivity (Wildman–Crippen MR) is 60.6 cm³/mol. The Bertz CT molecular complexity index is 411. The Kier molecular flexibility index (Phi) is 3.31. The topological polar surface area (TPSA) is 78.0 Å². The molecule has 2 aliphatic heterocycles. The molecule has 0 spiro atoms. The molecule has 2 rings (SSSR count). The third kappa shape index (κ3) is 2.34. The maximum Gasteiger partial charge on any atom is 0.327 e. The van der Waals surface area contributed by atoms with Crippen molar-refractivity contribution in [3.05, 3.63) is 0 Å². The Morgan fingerprint density at radius 3 is 2.28 bits per heavy atom. The molecule has 0 bridgehead atoms. The fourth-order valence-corrected chi connectivity index (χ4v) is 2.07. The monoisotopic (exact) mass is 253 g/mol. The van der Waals surface area contributed by atoms with Crippen LogP contribution in [0, 0.1) is 0 Å². The van der Waals surface area contributed by atoms with E-state index >= 15 is 0 Å². The van der Waals surface area contributed by atoms with E-state index in [9.17, 15) is 19.2 Å². The second-order valence-corrected chi connectivity index (χ2v) is 4.54. The summed E-state index contributed by atoms with van der Waals surface area (Å²) in [4.78, 5) is 49.8. The first kappa shape index (κ1) is 12.5. The number of carbonyl (C=O) groups is 4. The lowest BCUT2D eigenvalue weighted by atomic mass is 10.1. The first-order chi connectivity index (χ1) is 8.49. The molecule has 98 valence electrons. The second-order valence-electron chi connectivity index (χ2n) is 4.54. The number of likely N-dealkylation sites (N-methyl/N-ethyl adjacent to an activating group) is 1. The minimum atomic E-state index is -0.443. The molecule has 0 radical (unpaired) electrons. The highest BCUT2D eigenvalue weighted by molar-refractivity contribution is 6.04. The molecule has 0 N–H and O–H groups in total. The van der Waals surface area contributed by atoms with Crippen LogP contribution in [0.5, 0.6) is 0 Å². The Morgan fingerprint density at radius 1 is 1.17 bits per heavy atom. The molecule has 0 aromatic rings. The molecule has 2 saturated heterocycles. The van der Waals surface area contributed by atoms with E-state index in [1.165, 1.54) is 16.8 Å². The van der Waals surface area contributed by atoms with E-state index in [-0.39, 0.29) is 30.7 Å². The number of Topliss-reactive ketones (excluding diaryl/α,β-unsaturated/α-hetero) is 1. The molecule has 4 amide bonds. The van der Waals surface area contributed by atoms with E-state index in [0.29, 0.717) is 25.9 Å². The molecule has 2 fully saturated rings. The van der Waals surface area contributed by atoms with Crippen LogP contribution in [0.2, 0.25) is 0 Å². The van der Waals surface area contributed by atoms with E-state index < -0.39 is 6.03 Å². The standard InChI is InChI=1S/C11H15N3O4/c1-12-6-10(17)14(11(12)18)7-9(16)13-4-2-8(15)3-5-13/h2-7H2,1H3. The van der Waals surface area contributed by atoms with Gasteiger partial charge in [0.15, 0.2) is 0 Å². The molecule has 0 aromatic heterocycles. The summed E-state index contributed by atoms with van der Waals surface area (Å²) >= 11 is 0. The van der Waals surface area contributed by atoms with Crippen molar-refractivity contribution >= 4 is 23.6 Å². The number of imide groups is 1. The number of piperidine rings is 1. The summed E-state index contributed by atoms with van der Waals surface area (Å²) in [6, 6.07) is -0.443. The minimum absolute atomic E-state index is 0.0185. The highest BCUT2D eigenvalue weighted by Crippen LogP contribution is 2.10. The van der Waals surface area contributed by atoms with Crippen molar-refractivity contribution in [3.63, 3.8) is 0 Å². The zero-order valence-electron chi connectivity index (χ0n) is 10.2. The van der Waals surface area contributed by atoms with Gasteiger partial charge in [0, 0.05) is 33.0 Å². The number of likely N-dealkylation sites (tertiary alicyclic amines) is 1. The lowest BCUT2D eigenvalue weighted by Crippen LogP contribution is -2.46. The number of rotatable bonds is 2. The van der Waals surface area contributed by atoms with Crippen molar-refractivity contribution in [1.29, 1.82) is 0 Å². The maximum absolute atomic E-state index is 11.9. The predicted octanol–water partition coefficient (Wildman–Crippen LogP) is -0.928. The number of ketones is 1. The Hall–Kier alpha value is -1.92. The summed E-state index contributed by atoms with van der Waals surface area (Å²) in [5.41, 5.74) is 0. The molecule has 7 nitrogen and oxygen atoms in total. The van der Waals surface area contributed by atoms with Crippen molar-refractivity contribution in [3.8, 4) is 0 Å². The number of hydrogen-bond acceptors (Lipinski definition) is 4. The fourth-order valence-electron chi connectivity index (χ4n) is 2.07.